The van der Waals surface area contributed by atoms with Crippen molar-refractivity contribution in [2.24, 2.45) is 0 Å². The number of nitrogens with zero attached hydrogens (tertiary/aromatic N) is 2. The average Bonchev–Trinajstić information content (AvgIpc) is 2.52. The second-order valence-corrected chi connectivity index (χ2v) is 8.89. The number of nitrogens with one attached hydrogen (secondary N) is 1. The van der Waals surface area contributed by atoms with Gasteiger partial charge in [0.1, 0.15) is 6.04 Å². The van der Waals surface area contributed by atoms with Crippen molar-refractivity contribution >= 4 is 15.7 Å². The van der Waals surface area contributed by atoms with E-state index in [0.717, 1.165) is 13.2 Å². The zero-order valence-electron chi connectivity index (χ0n) is 13.9. The molecule has 2 fully saturated rings. The van der Waals surface area contributed by atoms with Gasteiger partial charge in [0.2, 0.25) is 5.91 Å². The molecule has 0 saturated carbocycles. The van der Waals surface area contributed by atoms with Crippen molar-refractivity contribution in [3.63, 3.8) is 0 Å². The summed E-state index contributed by atoms with van der Waals surface area (Å²) in [4.78, 5) is 15.6. The van der Waals surface area contributed by atoms with Crippen LogP contribution in [0.1, 0.15) is 19.8 Å². The molecule has 0 aromatic heterocycles. The first-order chi connectivity index (χ1) is 11.0. The molecule has 1 N–H and O–H groups in total. The minimum absolute atomic E-state index is 0.0878. The molecule has 0 aromatic rings. The molecule has 10 heteroatoms. The number of piperazine rings is 1. The van der Waals surface area contributed by atoms with Crippen molar-refractivity contribution in [2.45, 2.75) is 36.7 Å². The molecule has 1 amide bonds. The molecule has 2 aliphatic rings. The van der Waals surface area contributed by atoms with E-state index >= 15 is 0 Å². The van der Waals surface area contributed by atoms with Crippen molar-refractivity contribution in [2.75, 3.05) is 45.5 Å². The zero-order chi connectivity index (χ0) is 18.2. The first-order valence-electron chi connectivity index (χ1n) is 7.99. The van der Waals surface area contributed by atoms with Crippen molar-refractivity contribution in [1.29, 1.82) is 0 Å². The van der Waals surface area contributed by atoms with E-state index in [0.29, 0.717) is 13.1 Å². The summed E-state index contributed by atoms with van der Waals surface area (Å²) in [7, 11) is -3.61. The fraction of sp³-hybridized carbons (Fsp3) is 0.929. The SMILES string of the molecule is CC(N1CCN(C(=O)C2(S(C)(=O)=O)CCNCC2)CC1)C(F)(F)F. The number of sulfone groups is 1. The predicted molar refractivity (Wildman–Crippen MR) is 83.3 cm³/mol. The van der Waals surface area contributed by atoms with Gasteiger partial charge in [-0.3, -0.25) is 9.69 Å². The third kappa shape index (κ3) is 3.70. The maximum atomic E-state index is 12.9. The van der Waals surface area contributed by atoms with Gasteiger partial charge in [-0.1, -0.05) is 0 Å². The molecule has 2 aliphatic heterocycles. The molecule has 24 heavy (non-hydrogen) atoms. The van der Waals surface area contributed by atoms with Crippen LogP contribution in [0.5, 0.6) is 0 Å². The van der Waals surface area contributed by atoms with Gasteiger partial charge in [0, 0.05) is 32.4 Å². The van der Waals surface area contributed by atoms with Gasteiger partial charge in [-0.2, -0.15) is 13.2 Å². The Balaban J connectivity index is 2.09. The Labute approximate surface area is 140 Å². The zero-order valence-corrected chi connectivity index (χ0v) is 14.7. The average molecular weight is 371 g/mol. The second kappa shape index (κ2) is 6.80. The highest BCUT2D eigenvalue weighted by Crippen LogP contribution is 2.31. The lowest BCUT2D eigenvalue weighted by atomic mass is 9.94. The summed E-state index contributed by atoms with van der Waals surface area (Å²) in [5, 5.41) is 3.04. The summed E-state index contributed by atoms with van der Waals surface area (Å²) in [6.07, 6.45) is -2.85. The predicted octanol–water partition coefficient (Wildman–Crippen LogP) is 0.248. The molecule has 140 valence electrons. The van der Waals surface area contributed by atoms with Crippen LogP contribution in [-0.4, -0.2) is 86.6 Å². The summed E-state index contributed by atoms with van der Waals surface area (Å²) in [6.45, 7) is 2.37. The van der Waals surface area contributed by atoms with Crippen LogP contribution in [0.2, 0.25) is 0 Å². The minimum Gasteiger partial charge on any atom is -0.339 e. The summed E-state index contributed by atoms with van der Waals surface area (Å²) < 4.78 is 61.4. The third-order valence-corrected chi connectivity index (χ3v) is 7.14. The molecule has 2 saturated heterocycles. The molecule has 1 atom stereocenters. The van der Waals surface area contributed by atoms with Gasteiger partial charge in [0.05, 0.1) is 0 Å². The van der Waals surface area contributed by atoms with Crippen LogP contribution in [0.3, 0.4) is 0 Å². The molecule has 0 aromatic carbocycles. The summed E-state index contributed by atoms with van der Waals surface area (Å²) >= 11 is 0. The second-order valence-electron chi connectivity index (χ2n) is 6.56. The van der Waals surface area contributed by atoms with Gasteiger partial charge < -0.3 is 10.2 Å². The maximum absolute atomic E-state index is 12.9. The molecule has 0 bridgehead atoms. The fourth-order valence-corrected chi connectivity index (χ4v) is 4.77. The number of piperidine rings is 1. The number of alkyl halides is 3. The van der Waals surface area contributed by atoms with Crippen LogP contribution in [0.4, 0.5) is 13.2 Å². The molecular formula is C14H24F3N3O3S. The topological polar surface area (TPSA) is 69.7 Å². The first-order valence-corrected chi connectivity index (χ1v) is 9.89. The number of hydrogen-bond donors (Lipinski definition) is 1. The number of carbonyl (C=O) groups is 1. The molecule has 6 nitrogen and oxygen atoms in total. The molecule has 0 aliphatic carbocycles. The molecule has 2 heterocycles. The number of carbonyl (C=O) groups excluding carboxylic acids is 1. The van der Waals surface area contributed by atoms with Crippen molar-refractivity contribution < 1.29 is 26.4 Å². The lowest BCUT2D eigenvalue weighted by Crippen LogP contribution is -2.62. The Morgan fingerprint density at radius 1 is 1.12 bits per heavy atom. The standard InChI is InChI=1S/C14H24F3N3O3S/c1-11(14(15,16)17)19-7-9-20(10-8-19)12(21)13(24(2,22)23)3-5-18-6-4-13/h11,18H,3-10H2,1-2H3. The van der Waals surface area contributed by atoms with E-state index in [-0.39, 0.29) is 39.0 Å². The Hall–Kier alpha value is -0.870. The van der Waals surface area contributed by atoms with Crippen LogP contribution in [-0.2, 0) is 14.6 Å². The van der Waals surface area contributed by atoms with Crippen LogP contribution in [0.25, 0.3) is 0 Å². The van der Waals surface area contributed by atoms with Gasteiger partial charge in [-0.05, 0) is 32.9 Å². The number of halogens is 3. The Kier molecular flexibility index (Phi) is 5.51. The van der Waals surface area contributed by atoms with E-state index in [2.05, 4.69) is 5.32 Å². The Morgan fingerprint density at radius 2 is 1.62 bits per heavy atom. The van der Waals surface area contributed by atoms with Crippen LogP contribution in [0, 0.1) is 0 Å². The summed E-state index contributed by atoms with van der Waals surface area (Å²) in [6, 6.07) is -1.57. The highest BCUT2D eigenvalue weighted by Gasteiger charge is 2.51. The smallest absolute Gasteiger partial charge is 0.339 e. The van der Waals surface area contributed by atoms with Crippen molar-refractivity contribution in [3.05, 3.63) is 0 Å². The number of rotatable bonds is 3. The van der Waals surface area contributed by atoms with Gasteiger partial charge in [0.15, 0.2) is 14.6 Å². The van der Waals surface area contributed by atoms with E-state index in [1.54, 1.807) is 0 Å². The number of amides is 1. The van der Waals surface area contributed by atoms with E-state index in [1.807, 2.05) is 0 Å². The molecular weight excluding hydrogens is 347 g/mol. The Bertz CT molecular complexity index is 566. The monoisotopic (exact) mass is 371 g/mol. The molecule has 0 radical (unpaired) electrons. The van der Waals surface area contributed by atoms with Gasteiger partial charge >= 0.3 is 6.18 Å². The fourth-order valence-electron chi connectivity index (χ4n) is 3.38. The molecule has 0 spiro atoms. The normalized spacial score (nSPS) is 24.6. The van der Waals surface area contributed by atoms with Gasteiger partial charge in [0.25, 0.3) is 0 Å². The minimum atomic E-state index is -4.31. The van der Waals surface area contributed by atoms with Gasteiger partial charge in [-0.25, -0.2) is 8.42 Å². The van der Waals surface area contributed by atoms with Crippen LogP contribution < -0.4 is 5.32 Å². The van der Waals surface area contributed by atoms with Gasteiger partial charge in [-0.15, -0.1) is 0 Å². The molecule has 1 unspecified atom stereocenters. The highest BCUT2D eigenvalue weighted by atomic mass is 32.2. The van der Waals surface area contributed by atoms with Crippen LogP contribution >= 0.6 is 0 Å². The van der Waals surface area contributed by atoms with Crippen LogP contribution in [0.15, 0.2) is 0 Å². The van der Waals surface area contributed by atoms with Crippen molar-refractivity contribution in [1.82, 2.24) is 15.1 Å². The lowest BCUT2D eigenvalue weighted by molar-refractivity contribution is -0.183. The van der Waals surface area contributed by atoms with Crippen molar-refractivity contribution in [3.8, 4) is 0 Å². The van der Waals surface area contributed by atoms with E-state index in [9.17, 15) is 26.4 Å². The first kappa shape index (κ1) is 19.5. The lowest BCUT2D eigenvalue weighted by Gasteiger charge is -2.43. The third-order valence-electron chi connectivity index (χ3n) is 5.13. The van der Waals surface area contributed by atoms with E-state index in [4.69, 9.17) is 0 Å². The maximum Gasteiger partial charge on any atom is 0.403 e. The van der Waals surface area contributed by atoms with E-state index < -0.39 is 32.7 Å². The largest absolute Gasteiger partial charge is 0.403 e. The number of hydrogen-bond acceptors (Lipinski definition) is 5. The van der Waals surface area contributed by atoms with E-state index in [1.165, 1.54) is 9.80 Å². The molecule has 2 rings (SSSR count). The summed E-state index contributed by atoms with van der Waals surface area (Å²) in [5.74, 6) is -0.467. The Morgan fingerprint density at radius 3 is 2.04 bits per heavy atom. The summed E-state index contributed by atoms with van der Waals surface area (Å²) in [5.41, 5.74) is 0. The quantitative estimate of drug-likeness (QED) is 0.770. The highest BCUT2D eigenvalue weighted by molar-refractivity contribution is 7.92.